The van der Waals surface area contributed by atoms with Gasteiger partial charge in [-0.3, -0.25) is 10.1 Å². The van der Waals surface area contributed by atoms with E-state index >= 15 is 0 Å². The average molecular weight is 441 g/mol. The Balaban J connectivity index is 1.29. The van der Waals surface area contributed by atoms with E-state index in [9.17, 15) is 4.79 Å². The number of hydrogen-bond acceptors (Lipinski definition) is 5. The summed E-state index contributed by atoms with van der Waals surface area (Å²) in [5.74, 6) is 1.11. The minimum absolute atomic E-state index is 0.191. The fourth-order valence-corrected chi connectivity index (χ4v) is 4.24. The van der Waals surface area contributed by atoms with Gasteiger partial charge in [0.05, 0.1) is 7.11 Å². The number of carbonyl (C=O) groups is 1. The third-order valence-electron chi connectivity index (χ3n) is 5.17. The number of nitrogens with zero attached hydrogens (tertiary/aromatic N) is 1. The summed E-state index contributed by atoms with van der Waals surface area (Å²) in [6.07, 6.45) is 0.834. The van der Waals surface area contributed by atoms with Crippen molar-refractivity contribution in [2.45, 2.75) is 6.42 Å². The van der Waals surface area contributed by atoms with Crippen molar-refractivity contribution in [3.63, 3.8) is 0 Å². The molecule has 0 aliphatic carbocycles. The Morgan fingerprint density at radius 3 is 2.56 bits per heavy atom. The van der Waals surface area contributed by atoms with Gasteiger partial charge in [-0.25, -0.2) is 4.98 Å². The lowest BCUT2D eigenvalue weighted by Crippen LogP contribution is -2.11. The van der Waals surface area contributed by atoms with Gasteiger partial charge in [0.15, 0.2) is 22.2 Å². The highest BCUT2D eigenvalue weighted by Gasteiger charge is 2.14. The summed E-state index contributed by atoms with van der Waals surface area (Å²) in [6, 6.07) is 25.6. The fraction of sp³-hybridized carbons (Fsp3) is 0.0769. The molecule has 32 heavy (non-hydrogen) atoms. The Hall–Kier alpha value is -3.90. The Morgan fingerprint density at radius 1 is 1.00 bits per heavy atom. The molecule has 0 atom stereocenters. The SMILES string of the molecule is COc1cccc2cc(-c3csc(NC(=O)c4ccc(Cc5ccccc5)cc4)n3)oc12. The third kappa shape index (κ3) is 4.13. The highest BCUT2D eigenvalue weighted by molar-refractivity contribution is 7.14. The molecule has 0 unspecified atom stereocenters. The lowest BCUT2D eigenvalue weighted by Gasteiger charge is -2.05. The van der Waals surface area contributed by atoms with Gasteiger partial charge in [-0.05, 0) is 41.8 Å². The topological polar surface area (TPSA) is 64.4 Å². The Kier molecular flexibility index (Phi) is 5.44. The van der Waals surface area contributed by atoms with Gasteiger partial charge >= 0.3 is 0 Å². The van der Waals surface area contributed by atoms with Gasteiger partial charge in [-0.1, -0.05) is 54.6 Å². The number of carbonyl (C=O) groups excluding carboxylic acids is 1. The number of anilines is 1. The lowest BCUT2D eigenvalue weighted by molar-refractivity contribution is 0.102. The molecule has 1 N–H and O–H groups in total. The molecular weight excluding hydrogens is 420 g/mol. The minimum Gasteiger partial charge on any atom is -0.493 e. The normalized spacial score (nSPS) is 10.9. The average Bonchev–Trinajstić information content (AvgIpc) is 3.47. The molecule has 6 heteroatoms. The van der Waals surface area contributed by atoms with E-state index in [4.69, 9.17) is 9.15 Å². The summed E-state index contributed by atoms with van der Waals surface area (Å²) in [5, 5.41) is 6.20. The first-order chi connectivity index (χ1) is 15.7. The van der Waals surface area contributed by atoms with E-state index < -0.39 is 0 Å². The Labute approximate surface area is 189 Å². The number of ether oxygens (including phenoxy) is 1. The molecule has 0 saturated carbocycles. The van der Waals surface area contributed by atoms with Crippen molar-refractivity contribution < 1.29 is 13.9 Å². The zero-order valence-corrected chi connectivity index (χ0v) is 18.2. The zero-order chi connectivity index (χ0) is 21.9. The van der Waals surface area contributed by atoms with Crippen molar-refractivity contribution in [2.75, 3.05) is 12.4 Å². The first kappa shape index (κ1) is 20.0. The summed E-state index contributed by atoms with van der Waals surface area (Å²) >= 11 is 1.36. The van der Waals surface area contributed by atoms with Crippen molar-refractivity contribution in [1.29, 1.82) is 0 Å². The maximum atomic E-state index is 12.7. The molecule has 2 aromatic heterocycles. The maximum absolute atomic E-state index is 12.7. The van der Waals surface area contributed by atoms with Crippen molar-refractivity contribution in [3.05, 3.63) is 101 Å². The molecule has 0 bridgehead atoms. The van der Waals surface area contributed by atoms with Crippen LogP contribution in [0.25, 0.3) is 22.4 Å². The highest BCUT2D eigenvalue weighted by Crippen LogP contribution is 2.34. The Morgan fingerprint density at radius 2 is 1.78 bits per heavy atom. The van der Waals surface area contributed by atoms with E-state index in [0.717, 1.165) is 17.4 Å². The van der Waals surface area contributed by atoms with Crippen LogP contribution in [-0.4, -0.2) is 18.0 Å². The van der Waals surface area contributed by atoms with Crippen LogP contribution in [0.15, 0.2) is 88.7 Å². The number of aromatic nitrogens is 1. The standard InChI is InChI=1S/C26H20N2O3S/c1-30-22-9-5-8-20-15-23(31-24(20)22)21-16-32-26(27-21)28-25(29)19-12-10-18(11-13-19)14-17-6-3-2-4-7-17/h2-13,15-16H,14H2,1H3,(H,27,28,29). The first-order valence-corrected chi connectivity index (χ1v) is 11.0. The van der Waals surface area contributed by atoms with Crippen molar-refractivity contribution >= 4 is 33.3 Å². The predicted molar refractivity (Wildman–Crippen MR) is 128 cm³/mol. The number of amides is 1. The number of furan rings is 1. The highest BCUT2D eigenvalue weighted by atomic mass is 32.1. The smallest absolute Gasteiger partial charge is 0.257 e. The number of benzene rings is 3. The molecule has 0 fully saturated rings. The van der Waals surface area contributed by atoms with Crippen LogP contribution in [0.2, 0.25) is 0 Å². The van der Waals surface area contributed by atoms with Gasteiger partial charge < -0.3 is 9.15 Å². The summed E-state index contributed by atoms with van der Waals surface area (Å²) in [6.45, 7) is 0. The first-order valence-electron chi connectivity index (χ1n) is 10.2. The van der Waals surface area contributed by atoms with Crippen LogP contribution >= 0.6 is 11.3 Å². The van der Waals surface area contributed by atoms with Crippen LogP contribution in [0.3, 0.4) is 0 Å². The lowest BCUT2D eigenvalue weighted by atomic mass is 10.0. The van der Waals surface area contributed by atoms with E-state index in [1.807, 2.05) is 72.1 Å². The van der Waals surface area contributed by atoms with Crippen LogP contribution in [0.5, 0.6) is 5.75 Å². The molecule has 0 spiro atoms. The fourth-order valence-electron chi connectivity index (χ4n) is 3.54. The minimum atomic E-state index is -0.191. The largest absolute Gasteiger partial charge is 0.493 e. The number of para-hydroxylation sites is 1. The van der Waals surface area contributed by atoms with E-state index in [1.165, 1.54) is 16.9 Å². The molecule has 1 amide bonds. The Bertz CT molecular complexity index is 1370. The van der Waals surface area contributed by atoms with Gasteiger partial charge in [-0.15, -0.1) is 11.3 Å². The molecule has 5 nitrogen and oxygen atoms in total. The molecule has 5 aromatic rings. The van der Waals surface area contributed by atoms with Crippen LogP contribution < -0.4 is 10.1 Å². The quantitative estimate of drug-likeness (QED) is 0.331. The number of hydrogen-bond donors (Lipinski definition) is 1. The van der Waals surface area contributed by atoms with Crippen molar-refractivity contribution in [3.8, 4) is 17.2 Å². The number of fused-ring (bicyclic) bond motifs is 1. The van der Waals surface area contributed by atoms with E-state index in [1.54, 1.807) is 7.11 Å². The number of methoxy groups -OCH3 is 1. The van der Waals surface area contributed by atoms with Crippen molar-refractivity contribution in [2.24, 2.45) is 0 Å². The third-order valence-corrected chi connectivity index (χ3v) is 5.93. The molecule has 3 aromatic carbocycles. The summed E-state index contributed by atoms with van der Waals surface area (Å²) in [4.78, 5) is 17.2. The maximum Gasteiger partial charge on any atom is 0.257 e. The van der Waals surface area contributed by atoms with Gasteiger partial charge in [0, 0.05) is 16.3 Å². The van der Waals surface area contributed by atoms with Crippen LogP contribution in [0, 0.1) is 0 Å². The summed E-state index contributed by atoms with van der Waals surface area (Å²) in [7, 11) is 1.61. The van der Waals surface area contributed by atoms with Gasteiger partial charge in [0.2, 0.25) is 0 Å². The molecule has 158 valence electrons. The molecule has 2 heterocycles. The molecule has 0 aliphatic rings. The molecular formula is C26H20N2O3S. The van der Waals surface area contributed by atoms with Gasteiger partial charge in [0.1, 0.15) is 5.69 Å². The summed E-state index contributed by atoms with van der Waals surface area (Å²) < 4.78 is 11.3. The summed E-state index contributed by atoms with van der Waals surface area (Å²) in [5.41, 5.74) is 4.33. The molecule has 0 radical (unpaired) electrons. The van der Waals surface area contributed by atoms with Gasteiger partial charge in [-0.2, -0.15) is 0 Å². The molecule has 0 aliphatic heterocycles. The van der Waals surface area contributed by atoms with Crippen LogP contribution in [0.4, 0.5) is 5.13 Å². The molecule has 5 rings (SSSR count). The second-order valence-electron chi connectivity index (χ2n) is 7.34. The van der Waals surface area contributed by atoms with Crippen LogP contribution in [-0.2, 0) is 6.42 Å². The second-order valence-corrected chi connectivity index (χ2v) is 8.20. The monoisotopic (exact) mass is 440 g/mol. The number of rotatable bonds is 6. The predicted octanol–water partition coefficient (Wildman–Crippen LogP) is 6.41. The van der Waals surface area contributed by atoms with Gasteiger partial charge in [0.25, 0.3) is 5.91 Å². The number of thiazole rings is 1. The van der Waals surface area contributed by atoms with Crippen LogP contribution in [0.1, 0.15) is 21.5 Å². The molecule has 0 saturated heterocycles. The number of nitrogens with one attached hydrogen (secondary N) is 1. The van der Waals surface area contributed by atoms with E-state index in [0.29, 0.717) is 33.5 Å². The van der Waals surface area contributed by atoms with Crippen molar-refractivity contribution in [1.82, 2.24) is 4.98 Å². The zero-order valence-electron chi connectivity index (χ0n) is 17.4. The second kappa shape index (κ2) is 8.69. The van der Waals surface area contributed by atoms with E-state index in [-0.39, 0.29) is 5.91 Å². The van der Waals surface area contributed by atoms with E-state index in [2.05, 4.69) is 22.4 Å².